The molecule has 0 N–H and O–H groups in total. The molecule has 0 saturated carbocycles. The zero-order valence-corrected chi connectivity index (χ0v) is 8.77. The van der Waals surface area contributed by atoms with E-state index in [0.717, 1.165) is 25.2 Å². The van der Waals surface area contributed by atoms with Crippen LogP contribution in [-0.2, 0) is 0 Å². The third-order valence-electron chi connectivity index (χ3n) is 2.57. The predicted molar refractivity (Wildman–Crippen MR) is 59.5 cm³/mol. The average Bonchev–Trinajstić information content (AvgIpc) is 2.29. The highest BCUT2D eigenvalue weighted by Gasteiger charge is 2.14. The molecule has 0 aromatic carbocycles. The lowest BCUT2D eigenvalue weighted by atomic mass is 10.1. The van der Waals surface area contributed by atoms with Gasteiger partial charge in [0.2, 0.25) is 0 Å². The molecule has 1 aromatic heterocycles. The zero-order valence-electron chi connectivity index (χ0n) is 8.77. The molecule has 0 radical (unpaired) electrons. The number of pyridine rings is 1. The van der Waals surface area contributed by atoms with Crippen molar-refractivity contribution in [3.63, 3.8) is 0 Å². The van der Waals surface area contributed by atoms with Crippen LogP contribution >= 0.6 is 0 Å². The molecule has 0 saturated heterocycles. The average molecular weight is 199 g/mol. The molecule has 3 heteroatoms. The van der Waals surface area contributed by atoms with Crippen molar-refractivity contribution in [2.45, 2.75) is 13.3 Å². The Morgan fingerprint density at radius 3 is 3.13 bits per heavy atom. The molecule has 76 valence electrons. The first kappa shape index (κ1) is 9.72. The van der Waals surface area contributed by atoms with Crippen molar-refractivity contribution in [3.8, 4) is 6.07 Å². The number of hydrogen-bond acceptors (Lipinski definition) is 3. The molecule has 0 bridgehead atoms. The highest BCUT2D eigenvalue weighted by atomic mass is 15.1. The first-order valence-electron chi connectivity index (χ1n) is 5.07. The summed E-state index contributed by atoms with van der Waals surface area (Å²) in [6, 6.07) is 5.98. The van der Waals surface area contributed by atoms with Gasteiger partial charge in [0.1, 0.15) is 6.07 Å². The van der Waals surface area contributed by atoms with E-state index in [-0.39, 0.29) is 0 Å². The van der Waals surface area contributed by atoms with Crippen LogP contribution in [-0.4, -0.2) is 18.1 Å². The molecule has 0 aliphatic carbocycles. The van der Waals surface area contributed by atoms with E-state index in [1.165, 1.54) is 5.57 Å². The maximum absolute atomic E-state index is 8.96. The van der Waals surface area contributed by atoms with Crippen molar-refractivity contribution in [1.29, 1.82) is 5.26 Å². The van der Waals surface area contributed by atoms with Crippen molar-refractivity contribution >= 4 is 5.69 Å². The lowest BCUT2D eigenvalue weighted by Gasteiger charge is -2.28. The van der Waals surface area contributed by atoms with Crippen LogP contribution in [0.5, 0.6) is 0 Å². The van der Waals surface area contributed by atoms with Crippen molar-refractivity contribution in [1.82, 2.24) is 4.98 Å². The minimum absolute atomic E-state index is 0.521. The Hall–Kier alpha value is -1.82. The van der Waals surface area contributed by atoms with Gasteiger partial charge in [0.05, 0.1) is 5.69 Å². The molecule has 0 unspecified atom stereocenters. The molecule has 0 atom stereocenters. The van der Waals surface area contributed by atoms with E-state index in [4.69, 9.17) is 5.26 Å². The molecule has 3 nitrogen and oxygen atoms in total. The van der Waals surface area contributed by atoms with Gasteiger partial charge in [-0.3, -0.25) is 0 Å². The SMILES string of the molecule is CC1=CCCN(c2cccnc2C#N)C1. The van der Waals surface area contributed by atoms with Gasteiger partial charge in [0.25, 0.3) is 0 Å². The van der Waals surface area contributed by atoms with E-state index >= 15 is 0 Å². The highest BCUT2D eigenvalue weighted by molar-refractivity contribution is 5.56. The second kappa shape index (κ2) is 4.14. The summed E-state index contributed by atoms with van der Waals surface area (Å²) in [6.45, 7) is 3.99. The van der Waals surface area contributed by atoms with Crippen molar-refractivity contribution < 1.29 is 0 Å². The van der Waals surface area contributed by atoms with E-state index in [2.05, 4.69) is 29.0 Å². The fourth-order valence-corrected chi connectivity index (χ4v) is 1.86. The summed E-state index contributed by atoms with van der Waals surface area (Å²) in [7, 11) is 0. The third-order valence-corrected chi connectivity index (χ3v) is 2.57. The Balaban J connectivity index is 2.30. The van der Waals surface area contributed by atoms with Crippen LogP contribution in [0, 0.1) is 11.3 Å². The van der Waals surface area contributed by atoms with Crippen LogP contribution < -0.4 is 4.90 Å². The van der Waals surface area contributed by atoms with Gasteiger partial charge in [0, 0.05) is 19.3 Å². The molecule has 2 rings (SSSR count). The van der Waals surface area contributed by atoms with Crippen LogP contribution in [0.25, 0.3) is 0 Å². The molecule has 1 aliphatic rings. The fourth-order valence-electron chi connectivity index (χ4n) is 1.86. The van der Waals surface area contributed by atoms with Crippen LogP contribution in [0.2, 0.25) is 0 Å². The Kier molecular flexibility index (Phi) is 2.68. The predicted octanol–water partition coefficient (Wildman–Crippen LogP) is 2.11. The second-order valence-electron chi connectivity index (χ2n) is 3.74. The summed E-state index contributed by atoms with van der Waals surface area (Å²) in [6.07, 6.45) is 4.96. The second-order valence-corrected chi connectivity index (χ2v) is 3.74. The number of nitriles is 1. The van der Waals surface area contributed by atoms with Gasteiger partial charge in [-0.05, 0) is 25.5 Å². The topological polar surface area (TPSA) is 39.9 Å². The summed E-state index contributed by atoms with van der Waals surface area (Å²) >= 11 is 0. The minimum Gasteiger partial charge on any atom is -0.365 e. The van der Waals surface area contributed by atoms with Crippen molar-refractivity contribution in [3.05, 3.63) is 35.7 Å². The summed E-state index contributed by atoms with van der Waals surface area (Å²) in [5.74, 6) is 0. The summed E-state index contributed by atoms with van der Waals surface area (Å²) in [5.41, 5.74) is 2.83. The van der Waals surface area contributed by atoms with Crippen LogP contribution in [0.4, 0.5) is 5.69 Å². The monoisotopic (exact) mass is 199 g/mol. The molecule has 1 aliphatic heterocycles. The van der Waals surface area contributed by atoms with Crippen LogP contribution in [0.1, 0.15) is 19.0 Å². The van der Waals surface area contributed by atoms with Gasteiger partial charge in [-0.1, -0.05) is 11.6 Å². The first-order valence-corrected chi connectivity index (χ1v) is 5.07. The zero-order chi connectivity index (χ0) is 10.7. The van der Waals surface area contributed by atoms with E-state index < -0.39 is 0 Å². The minimum atomic E-state index is 0.521. The number of rotatable bonds is 1. The molecular formula is C12H13N3. The van der Waals surface area contributed by atoms with Crippen LogP contribution in [0.3, 0.4) is 0 Å². The molecule has 0 amide bonds. The van der Waals surface area contributed by atoms with Gasteiger partial charge in [-0.25, -0.2) is 4.98 Å². The third kappa shape index (κ3) is 1.99. The molecule has 1 aromatic rings. The summed E-state index contributed by atoms with van der Waals surface area (Å²) in [5, 5.41) is 8.96. The number of anilines is 1. The standard InChI is InChI=1S/C12H13N3/c1-10-4-3-7-15(9-10)12-5-2-6-14-11(12)8-13/h2,4-6H,3,7,9H2,1H3. The quantitative estimate of drug-likeness (QED) is 0.650. The summed E-state index contributed by atoms with van der Waals surface area (Å²) in [4.78, 5) is 6.28. The largest absolute Gasteiger partial charge is 0.365 e. The number of aromatic nitrogens is 1. The van der Waals surface area contributed by atoms with Crippen molar-refractivity contribution in [2.75, 3.05) is 18.0 Å². The Labute approximate surface area is 89.7 Å². The van der Waals surface area contributed by atoms with E-state index in [0.29, 0.717) is 5.69 Å². The number of nitrogens with zero attached hydrogens (tertiary/aromatic N) is 3. The smallest absolute Gasteiger partial charge is 0.163 e. The first-order chi connectivity index (χ1) is 7.31. The van der Waals surface area contributed by atoms with Crippen molar-refractivity contribution in [2.24, 2.45) is 0 Å². The van der Waals surface area contributed by atoms with Gasteiger partial charge >= 0.3 is 0 Å². The van der Waals surface area contributed by atoms with E-state index in [1.807, 2.05) is 12.1 Å². The van der Waals surface area contributed by atoms with Gasteiger partial charge in [-0.15, -0.1) is 0 Å². The lowest BCUT2D eigenvalue weighted by Crippen LogP contribution is -2.29. The molecule has 0 spiro atoms. The number of hydrogen-bond donors (Lipinski definition) is 0. The normalized spacial score (nSPS) is 15.7. The molecule has 2 heterocycles. The van der Waals surface area contributed by atoms with Crippen LogP contribution in [0.15, 0.2) is 30.0 Å². The van der Waals surface area contributed by atoms with E-state index in [9.17, 15) is 0 Å². The van der Waals surface area contributed by atoms with Gasteiger partial charge in [-0.2, -0.15) is 5.26 Å². The Bertz CT molecular complexity index is 429. The maximum atomic E-state index is 8.96. The molecular weight excluding hydrogens is 186 g/mol. The molecule has 15 heavy (non-hydrogen) atoms. The van der Waals surface area contributed by atoms with Gasteiger partial charge in [0.15, 0.2) is 5.69 Å². The Morgan fingerprint density at radius 2 is 2.40 bits per heavy atom. The molecule has 0 fully saturated rings. The maximum Gasteiger partial charge on any atom is 0.163 e. The fraction of sp³-hybridized carbons (Fsp3) is 0.333. The van der Waals surface area contributed by atoms with Gasteiger partial charge < -0.3 is 4.90 Å². The Morgan fingerprint density at radius 1 is 1.53 bits per heavy atom. The highest BCUT2D eigenvalue weighted by Crippen LogP contribution is 2.21. The van der Waals surface area contributed by atoms with E-state index in [1.54, 1.807) is 6.20 Å². The lowest BCUT2D eigenvalue weighted by molar-refractivity contribution is 0.787. The summed E-state index contributed by atoms with van der Waals surface area (Å²) < 4.78 is 0.